The smallest absolute Gasteiger partial charge is 0.136 e. The molecule has 53 heavy (non-hydrogen) atoms. The van der Waals surface area contributed by atoms with Gasteiger partial charge in [0.2, 0.25) is 0 Å². The minimum Gasteiger partial charge on any atom is -0.456 e. The van der Waals surface area contributed by atoms with Crippen molar-refractivity contribution in [3.63, 3.8) is 0 Å². The first kappa shape index (κ1) is 29.6. The van der Waals surface area contributed by atoms with Crippen LogP contribution in [0.25, 0.3) is 87.7 Å². The molecule has 0 atom stereocenters. The van der Waals surface area contributed by atoms with Crippen molar-refractivity contribution < 1.29 is 8.83 Å². The number of fused-ring (bicyclic) bond motifs is 9. The summed E-state index contributed by atoms with van der Waals surface area (Å²) in [6, 6.07) is 66.9. The summed E-state index contributed by atoms with van der Waals surface area (Å²) < 4.78 is 12.5. The monoisotopic (exact) mass is 677 g/mol. The Bertz CT molecular complexity index is 3170. The average molecular weight is 678 g/mol. The van der Waals surface area contributed by atoms with Gasteiger partial charge in [-0.05, 0) is 99.1 Å². The molecule has 3 heteroatoms. The third kappa shape index (κ3) is 4.75. The van der Waals surface area contributed by atoms with Crippen LogP contribution in [0.2, 0.25) is 0 Å². The number of benzene rings is 9. The predicted octanol–water partition coefficient (Wildman–Crippen LogP) is 14.6. The van der Waals surface area contributed by atoms with Crippen LogP contribution in [0, 0.1) is 0 Å². The van der Waals surface area contributed by atoms with Crippen molar-refractivity contribution in [2.24, 2.45) is 0 Å². The van der Waals surface area contributed by atoms with Crippen LogP contribution in [-0.4, -0.2) is 0 Å². The van der Waals surface area contributed by atoms with Crippen LogP contribution in [0.3, 0.4) is 0 Å². The van der Waals surface area contributed by atoms with E-state index < -0.39 is 0 Å². The number of rotatable bonds is 5. The Balaban J connectivity index is 1.11. The quantitative estimate of drug-likeness (QED) is 0.170. The van der Waals surface area contributed by atoms with E-state index in [2.05, 4.69) is 169 Å². The summed E-state index contributed by atoms with van der Waals surface area (Å²) in [5.41, 5.74) is 11.6. The summed E-state index contributed by atoms with van der Waals surface area (Å²) in [6.07, 6.45) is 0. The van der Waals surface area contributed by atoms with E-state index in [9.17, 15) is 0 Å². The Morgan fingerprint density at radius 1 is 0.321 bits per heavy atom. The molecule has 2 heterocycles. The third-order valence-electron chi connectivity index (χ3n) is 10.6. The van der Waals surface area contributed by atoms with Gasteiger partial charge in [0.25, 0.3) is 0 Å². The van der Waals surface area contributed by atoms with Crippen LogP contribution in [0.5, 0.6) is 0 Å². The van der Waals surface area contributed by atoms with Gasteiger partial charge in [-0.2, -0.15) is 0 Å². The van der Waals surface area contributed by atoms with Gasteiger partial charge in [-0.25, -0.2) is 0 Å². The second-order valence-corrected chi connectivity index (χ2v) is 13.7. The minimum atomic E-state index is 0.899. The van der Waals surface area contributed by atoms with Crippen LogP contribution in [0.4, 0.5) is 17.1 Å². The van der Waals surface area contributed by atoms with Crippen molar-refractivity contribution in [1.29, 1.82) is 0 Å². The maximum atomic E-state index is 6.27. The lowest BCUT2D eigenvalue weighted by atomic mass is 9.97. The van der Waals surface area contributed by atoms with Crippen molar-refractivity contribution >= 4 is 82.5 Å². The van der Waals surface area contributed by atoms with Crippen molar-refractivity contribution in [2.75, 3.05) is 4.90 Å². The molecule has 0 N–H and O–H groups in total. The third-order valence-corrected chi connectivity index (χ3v) is 10.6. The lowest BCUT2D eigenvalue weighted by Gasteiger charge is -2.28. The first-order chi connectivity index (χ1) is 26.3. The van der Waals surface area contributed by atoms with Crippen LogP contribution in [-0.2, 0) is 0 Å². The molecule has 3 nitrogen and oxygen atoms in total. The van der Waals surface area contributed by atoms with Gasteiger partial charge >= 0.3 is 0 Å². The molecule has 0 amide bonds. The molecule has 0 aliphatic rings. The van der Waals surface area contributed by atoms with E-state index in [0.29, 0.717) is 0 Å². The fourth-order valence-corrected chi connectivity index (χ4v) is 8.18. The largest absolute Gasteiger partial charge is 0.456 e. The van der Waals surface area contributed by atoms with E-state index >= 15 is 0 Å². The molecule has 0 spiro atoms. The van der Waals surface area contributed by atoms with E-state index in [0.717, 1.165) is 77.5 Å². The van der Waals surface area contributed by atoms with E-state index in [1.807, 2.05) is 24.3 Å². The maximum Gasteiger partial charge on any atom is 0.136 e. The number of nitrogens with zero attached hydrogens (tertiary/aromatic N) is 1. The van der Waals surface area contributed by atoms with Gasteiger partial charge in [-0.3, -0.25) is 0 Å². The number of anilines is 3. The van der Waals surface area contributed by atoms with E-state index in [4.69, 9.17) is 8.83 Å². The second kappa shape index (κ2) is 11.7. The Hall–Kier alpha value is -7.10. The molecule has 0 unspecified atom stereocenters. The van der Waals surface area contributed by atoms with Crippen molar-refractivity contribution in [1.82, 2.24) is 0 Å². The minimum absolute atomic E-state index is 0.899. The van der Waals surface area contributed by atoms with Crippen LogP contribution >= 0.6 is 0 Å². The van der Waals surface area contributed by atoms with Crippen LogP contribution < -0.4 is 4.90 Å². The van der Waals surface area contributed by atoms with Gasteiger partial charge in [0.15, 0.2) is 0 Å². The second-order valence-electron chi connectivity index (χ2n) is 13.7. The Kier molecular flexibility index (Phi) is 6.55. The van der Waals surface area contributed by atoms with Crippen molar-refractivity contribution in [3.8, 4) is 22.3 Å². The molecule has 0 saturated heterocycles. The molecule has 11 rings (SSSR count). The number of hydrogen-bond acceptors (Lipinski definition) is 3. The SMILES string of the molecule is c1ccc(-c2cccc(N(c3ccc(-c4cccc5oc6ccccc6c45)cc3)c3cccc4c3ccc3cc5oc6ccccc6c5cc34)c2)cc1. The summed E-state index contributed by atoms with van der Waals surface area (Å²) in [5, 5.41) is 9.28. The Morgan fingerprint density at radius 2 is 1.00 bits per heavy atom. The van der Waals surface area contributed by atoms with Gasteiger partial charge in [0.05, 0.1) is 5.69 Å². The summed E-state index contributed by atoms with van der Waals surface area (Å²) >= 11 is 0. The predicted molar refractivity (Wildman–Crippen MR) is 222 cm³/mol. The zero-order valence-electron chi connectivity index (χ0n) is 28.7. The molecule has 11 aromatic rings. The first-order valence-electron chi connectivity index (χ1n) is 18.0. The summed E-state index contributed by atoms with van der Waals surface area (Å²) in [5.74, 6) is 0. The maximum absolute atomic E-state index is 6.27. The number of furan rings is 2. The molecule has 248 valence electrons. The summed E-state index contributed by atoms with van der Waals surface area (Å²) in [7, 11) is 0. The molecule has 0 fully saturated rings. The van der Waals surface area contributed by atoms with E-state index in [-0.39, 0.29) is 0 Å². The van der Waals surface area contributed by atoms with Crippen molar-refractivity contribution in [3.05, 3.63) is 188 Å². The first-order valence-corrected chi connectivity index (χ1v) is 18.0. The molecule has 0 radical (unpaired) electrons. The fourth-order valence-electron chi connectivity index (χ4n) is 8.18. The number of para-hydroxylation sites is 2. The fraction of sp³-hybridized carbons (Fsp3) is 0. The standard InChI is InChI=1S/C50H31NO2/c1-2-11-32(12-3-1)34-13-8-14-37(29-34)51(36-26-23-33(24-27-36)38-17-10-22-48-50(38)42-16-5-7-21-47(42)52-48)45-19-9-18-39-40(45)28-25-35-30-49-44(31-43(35)39)41-15-4-6-20-46(41)53-49/h1-31H. The van der Waals surface area contributed by atoms with Gasteiger partial charge in [0, 0.05) is 38.3 Å². The molecule has 0 saturated carbocycles. The number of hydrogen-bond donors (Lipinski definition) is 0. The molecule has 9 aromatic carbocycles. The zero-order chi connectivity index (χ0) is 34.9. The van der Waals surface area contributed by atoms with Gasteiger partial charge in [-0.1, -0.05) is 127 Å². The van der Waals surface area contributed by atoms with Gasteiger partial charge in [0.1, 0.15) is 22.3 Å². The molecular formula is C50H31NO2. The van der Waals surface area contributed by atoms with Gasteiger partial charge < -0.3 is 13.7 Å². The Labute approximate surface area is 305 Å². The molecular weight excluding hydrogens is 647 g/mol. The highest BCUT2D eigenvalue weighted by Crippen LogP contribution is 2.44. The summed E-state index contributed by atoms with van der Waals surface area (Å²) in [4.78, 5) is 2.39. The van der Waals surface area contributed by atoms with Crippen LogP contribution in [0.1, 0.15) is 0 Å². The highest BCUT2D eigenvalue weighted by Gasteiger charge is 2.19. The highest BCUT2D eigenvalue weighted by atomic mass is 16.3. The Morgan fingerprint density at radius 3 is 1.87 bits per heavy atom. The van der Waals surface area contributed by atoms with E-state index in [1.165, 1.54) is 27.3 Å². The highest BCUT2D eigenvalue weighted by molar-refractivity contribution is 6.19. The summed E-state index contributed by atoms with van der Waals surface area (Å²) in [6.45, 7) is 0. The van der Waals surface area contributed by atoms with Crippen molar-refractivity contribution in [2.45, 2.75) is 0 Å². The van der Waals surface area contributed by atoms with E-state index in [1.54, 1.807) is 0 Å². The van der Waals surface area contributed by atoms with Gasteiger partial charge in [-0.15, -0.1) is 0 Å². The molecule has 2 aromatic heterocycles. The normalized spacial score (nSPS) is 11.8. The average Bonchev–Trinajstić information content (AvgIpc) is 3.79. The topological polar surface area (TPSA) is 29.5 Å². The van der Waals surface area contributed by atoms with Crippen LogP contribution in [0.15, 0.2) is 197 Å². The molecule has 0 aliphatic carbocycles. The molecule has 0 bridgehead atoms. The zero-order valence-corrected chi connectivity index (χ0v) is 28.7. The lowest BCUT2D eigenvalue weighted by Crippen LogP contribution is -2.10. The molecule has 0 aliphatic heterocycles. The lowest BCUT2D eigenvalue weighted by molar-refractivity contribution is 0.669.